The molecule has 3 rings (SSSR count). The second kappa shape index (κ2) is 7.61. The summed E-state index contributed by atoms with van der Waals surface area (Å²) in [6.07, 6.45) is 4.09. The van der Waals surface area contributed by atoms with Crippen molar-refractivity contribution in [3.05, 3.63) is 64.4 Å². The number of benzene rings is 2. The third-order valence-electron chi connectivity index (χ3n) is 3.87. The lowest BCUT2D eigenvalue weighted by molar-refractivity contribution is -0.117. The van der Waals surface area contributed by atoms with Gasteiger partial charge in [-0.25, -0.2) is 4.39 Å². The van der Waals surface area contributed by atoms with E-state index >= 15 is 0 Å². The lowest BCUT2D eigenvalue weighted by Gasteiger charge is -2.16. The Hall–Kier alpha value is -2.47. The molecule has 0 unspecified atom stereocenters. The highest BCUT2D eigenvalue weighted by molar-refractivity contribution is 9.10. The molecule has 0 radical (unpaired) electrons. The highest BCUT2D eigenvalue weighted by Gasteiger charge is 2.21. The molecule has 2 aromatic carbocycles. The number of nitrogens with zero attached hydrogens (tertiary/aromatic N) is 1. The molecule has 1 fully saturated rings. The van der Waals surface area contributed by atoms with Crippen LogP contribution >= 0.6 is 15.9 Å². The van der Waals surface area contributed by atoms with Crippen LogP contribution in [0.15, 0.2) is 53.0 Å². The zero-order valence-corrected chi connectivity index (χ0v) is 14.9. The SMILES string of the molecule is O=C(/C=C/c1cc(Br)ccc1F)Nc1cccc(N2CCCC2=O)c1. The van der Waals surface area contributed by atoms with Gasteiger partial charge in [-0.3, -0.25) is 9.59 Å². The summed E-state index contributed by atoms with van der Waals surface area (Å²) >= 11 is 3.27. The predicted octanol–water partition coefficient (Wildman–Crippen LogP) is 4.37. The van der Waals surface area contributed by atoms with Gasteiger partial charge >= 0.3 is 0 Å². The molecule has 0 spiro atoms. The van der Waals surface area contributed by atoms with Crippen LogP contribution < -0.4 is 10.2 Å². The van der Waals surface area contributed by atoms with Gasteiger partial charge in [0.15, 0.2) is 0 Å². The Kier molecular flexibility index (Phi) is 5.28. The Balaban J connectivity index is 1.70. The van der Waals surface area contributed by atoms with Crippen molar-refractivity contribution in [1.29, 1.82) is 0 Å². The van der Waals surface area contributed by atoms with Crippen molar-refractivity contribution in [2.24, 2.45) is 0 Å². The van der Waals surface area contributed by atoms with Crippen LogP contribution in [0.4, 0.5) is 15.8 Å². The summed E-state index contributed by atoms with van der Waals surface area (Å²) in [6.45, 7) is 0.693. The number of nitrogens with one attached hydrogen (secondary N) is 1. The fourth-order valence-corrected chi connectivity index (χ4v) is 3.04. The Morgan fingerprint density at radius 3 is 2.84 bits per heavy atom. The minimum absolute atomic E-state index is 0.0912. The predicted molar refractivity (Wildman–Crippen MR) is 99.8 cm³/mol. The zero-order valence-electron chi connectivity index (χ0n) is 13.3. The molecule has 0 saturated carbocycles. The lowest BCUT2D eigenvalue weighted by atomic mass is 10.2. The summed E-state index contributed by atoms with van der Waals surface area (Å²) < 4.78 is 14.4. The number of carbonyl (C=O) groups is 2. The molecule has 25 heavy (non-hydrogen) atoms. The normalized spacial score (nSPS) is 14.3. The maximum atomic E-state index is 13.7. The highest BCUT2D eigenvalue weighted by Crippen LogP contribution is 2.24. The summed E-state index contributed by atoms with van der Waals surface area (Å²) in [5.41, 5.74) is 1.67. The molecule has 1 aliphatic rings. The Labute approximate surface area is 153 Å². The van der Waals surface area contributed by atoms with E-state index in [9.17, 15) is 14.0 Å². The molecule has 128 valence electrons. The van der Waals surface area contributed by atoms with Crippen LogP contribution in [0, 0.1) is 5.82 Å². The van der Waals surface area contributed by atoms with Crippen LogP contribution in [0.5, 0.6) is 0 Å². The molecule has 6 heteroatoms. The standard InChI is InChI=1S/C19H16BrFN2O2/c20-14-7-8-17(21)13(11-14)6-9-18(24)22-15-3-1-4-16(12-15)23-10-2-5-19(23)25/h1,3-4,6-9,11-12H,2,5,10H2,(H,22,24)/b9-6+. The van der Waals surface area contributed by atoms with Gasteiger partial charge in [0.1, 0.15) is 5.82 Å². The van der Waals surface area contributed by atoms with E-state index in [1.165, 1.54) is 18.2 Å². The molecule has 1 N–H and O–H groups in total. The fourth-order valence-electron chi connectivity index (χ4n) is 2.66. The van der Waals surface area contributed by atoms with Gasteiger partial charge in [0.25, 0.3) is 0 Å². The molecule has 0 aliphatic carbocycles. The van der Waals surface area contributed by atoms with Gasteiger partial charge in [0, 0.05) is 40.5 Å². The van der Waals surface area contributed by atoms with E-state index < -0.39 is 5.82 Å². The molecular formula is C19H16BrFN2O2. The first kappa shape index (κ1) is 17.4. The molecule has 1 aliphatic heterocycles. The molecule has 0 bridgehead atoms. The number of anilines is 2. The van der Waals surface area contributed by atoms with Crippen LogP contribution in [0.25, 0.3) is 6.08 Å². The average Bonchev–Trinajstić information content (AvgIpc) is 3.02. The highest BCUT2D eigenvalue weighted by atomic mass is 79.9. The van der Waals surface area contributed by atoms with Gasteiger partial charge in [-0.15, -0.1) is 0 Å². The molecular weight excluding hydrogens is 387 g/mol. The van der Waals surface area contributed by atoms with E-state index in [1.54, 1.807) is 35.2 Å². The monoisotopic (exact) mass is 402 g/mol. The van der Waals surface area contributed by atoms with Crippen molar-refractivity contribution >= 4 is 45.2 Å². The average molecular weight is 403 g/mol. The van der Waals surface area contributed by atoms with Gasteiger partial charge in [0.05, 0.1) is 0 Å². The van der Waals surface area contributed by atoms with Crippen LogP contribution in [0.2, 0.25) is 0 Å². The maximum Gasteiger partial charge on any atom is 0.248 e. The second-order valence-corrected chi connectivity index (χ2v) is 6.60. The summed E-state index contributed by atoms with van der Waals surface area (Å²) in [5, 5.41) is 2.73. The summed E-state index contributed by atoms with van der Waals surface area (Å²) in [6, 6.07) is 11.7. The number of hydrogen-bond acceptors (Lipinski definition) is 2. The van der Waals surface area contributed by atoms with Crippen LogP contribution in [0.3, 0.4) is 0 Å². The van der Waals surface area contributed by atoms with E-state index in [0.717, 1.165) is 16.6 Å². The smallest absolute Gasteiger partial charge is 0.248 e. The van der Waals surface area contributed by atoms with Crippen molar-refractivity contribution < 1.29 is 14.0 Å². The topological polar surface area (TPSA) is 49.4 Å². The molecule has 2 aromatic rings. The Morgan fingerprint density at radius 2 is 2.08 bits per heavy atom. The molecule has 0 atom stereocenters. The van der Waals surface area contributed by atoms with Crippen molar-refractivity contribution in [3.8, 4) is 0 Å². The van der Waals surface area contributed by atoms with Gasteiger partial charge in [-0.05, 0) is 48.9 Å². The molecule has 1 heterocycles. The van der Waals surface area contributed by atoms with E-state index in [1.807, 2.05) is 6.07 Å². The largest absolute Gasteiger partial charge is 0.322 e. The lowest BCUT2D eigenvalue weighted by Crippen LogP contribution is -2.23. The molecule has 1 saturated heterocycles. The van der Waals surface area contributed by atoms with E-state index in [-0.39, 0.29) is 11.8 Å². The van der Waals surface area contributed by atoms with Crippen LogP contribution in [-0.4, -0.2) is 18.4 Å². The molecule has 2 amide bonds. The Bertz CT molecular complexity index is 851. The molecule has 4 nitrogen and oxygen atoms in total. The minimum atomic E-state index is -0.401. The van der Waals surface area contributed by atoms with Crippen LogP contribution in [-0.2, 0) is 9.59 Å². The second-order valence-electron chi connectivity index (χ2n) is 5.69. The number of carbonyl (C=O) groups excluding carboxylic acids is 2. The van der Waals surface area contributed by atoms with Gasteiger partial charge in [0.2, 0.25) is 11.8 Å². The van der Waals surface area contributed by atoms with E-state index in [2.05, 4.69) is 21.2 Å². The first-order chi connectivity index (χ1) is 12.0. The summed E-state index contributed by atoms with van der Waals surface area (Å²) in [4.78, 5) is 25.6. The third-order valence-corrected chi connectivity index (χ3v) is 4.36. The van der Waals surface area contributed by atoms with E-state index in [4.69, 9.17) is 0 Å². The van der Waals surface area contributed by atoms with Crippen molar-refractivity contribution in [1.82, 2.24) is 0 Å². The first-order valence-corrected chi connectivity index (χ1v) is 8.67. The van der Waals surface area contributed by atoms with Gasteiger partial charge in [-0.1, -0.05) is 22.0 Å². The number of hydrogen-bond donors (Lipinski definition) is 1. The zero-order chi connectivity index (χ0) is 17.8. The quantitative estimate of drug-likeness (QED) is 0.771. The number of rotatable bonds is 4. The Morgan fingerprint density at radius 1 is 1.24 bits per heavy atom. The third kappa shape index (κ3) is 4.33. The maximum absolute atomic E-state index is 13.7. The van der Waals surface area contributed by atoms with Crippen LogP contribution in [0.1, 0.15) is 18.4 Å². The summed E-state index contributed by atoms with van der Waals surface area (Å²) in [7, 11) is 0. The summed E-state index contributed by atoms with van der Waals surface area (Å²) in [5.74, 6) is -0.681. The minimum Gasteiger partial charge on any atom is -0.322 e. The van der Waals surface area contributed by atoms with Crippen molar-refractivity contribution in [2.45, 2.75) is 12.8 Å². The number of amides is 2. The fraction of sp³-hybridized carbons (Fsp3) is 0.158. The molecule has 0 aromatic heterocycles. The number of halogens is 2. The van der Waals surface area contributed by atoms with E-state index in [0.29, 0.717) is 24.2 Å². The first-order valence-electron chi connectivity index (χ1n) is 7.87. The van der Waals surface area contributed by atoms with Crippen molar-refractivity contribution in [2.75, 3.05) is 16.8 Å². The van der Waals surface area contributed by atoms with Crippen molar-refractivity contribution in [3.63, 3.8) is 0 Å². The van der Waals surface area contributed by atoms with Gasteiger partial charge in [-0.2, -0.15) is 0 Å². The van der Waals surface area contributed by atoms with Gasteiger partial charge < -0.3 is 10.2 Å².